The Hall–Kier alpha value is -7.25. The predicted octanol–water partition coefficient (Wildman–Crippen LogP) is 6.28. The summed E-state index contributed by atoms with van der Waals surface area (Å²) in [5.74, 6) is 0. The van der Waals surface area contributed by atoms with E-state index in [9.17, 15) is 64.9 Å². The molecule has 0 radical (unpaired) electrons. The van der Waals surface area contributed by atoms with Crippen molar-refractivity contribution in [3.05, 3.63) is 126 Å². The molecule has 0 saturated carbocycles. The molecule has 0 atom stereocenters. The molecular formula is C40H26N8O15S5. The highest BCUT2D eigenvalue weighted by molar-refractivity contribution is 7.87. The Balaban J connectivity index is 0.900. The lowest BCUT2D eigenvalue weighted by Crippen LogP contribution is -2.03. The minimum Gasteiger partial charge on any atom is -0.282 e. The van der Waals surface area contributed by atoms with Crippen molar-refractivity contribution in [3.63, 3.8) is 0 Å². The van der Waals surface area contributed by atoms with Crippen molar-refractivity contribution in [3.8, 4) is 11.4 Å². The minimum atomic E-state index is -5.02. The summed E-state index contributed by atoms with van der Waals surface area (Å²) in [6.45, 7) is 0. The van der Waals surface area contributed by atoms with Crippen molar-refractivity contribution >= 4 is 118 Å². The van der Waals surface area contributed by atoms with Gasteiger partial charge in [0.1, 0.15) is 47.3 Å². The van der Waals surface area contributed by atoms with E-state index < -0.39 is 65.3 Å². The summed E-state index contributed by atoms with van der Waals surface area (Å²) in [5, 5.41) is 9.72. The van der Waals surface area contributed by atoms with Gasteiger partial charge in [0, 0.05) is 16.2 Å². The fourth-order valence-corrected chi connectivity index (χ4v) is 11.5. The van der Waals surface area contributed by atoms with Crippen LogP contribution in [0.1, 0.15) is 11.1 Å². The van der Waals surface area contributed by atoms with Crippen LogP contribution in [-0.4, -0.2) is 93.0 Å². The molecule has 23 nitrogen and oxygen atoms in total. The van der Waals surface area contributed by atoms with Gasteiger partial charge < -0.3 is 0 Å². The monoisotopic (exact) mass is 1020 g/mol. The van der Waals surface area contributed by atoms with Crippen molar-refractivity contribution in [1.82, 2.24) is 28.1 Å². The fourth-order valence-electron chi connectivity index (χ4n) is 8.25. The summed E-state index contributed by atoms with van der Waals surface area (Å²) in [4.78, 5) is 0.378. The molecule has 4 aromatic heterocycles. The molecule has 11 rings (SSSR count). The molecule has 68 heavy (non-hydrogen) atoms. The molecule has 346 valence electrons. The van der Waals surface area contributed by atoms with Crippen LogP contribution in [0.15, 0.2) is 150 Å². The van der Waals surface area contributed by atoms with E-state index in [4.69, 9.17) is 0 Å². The van der Waals surface area contributed by atoms with E-state index in [0.717, 1.165) is 30.4 Å². The van der Waals surface area contributed by atoms with Crippen molar-refractivity contribution in [2.75, 3.05) is 0 Å². The molecule has 28 heteroatoms. The molecule has 11 aromatic rings. The maximum Gasteiger partial charge on any atom is 0.296 e. The number of fused-ring (bicyclic) bond motifs is 12. The summed E-state index contributed by atoms with van der Waals surface area (Å²) in [7, 11) is -24.0. The number of hydrogen-bond acceptors (Lipinski definition) is 12. The lowest BCUT2D eigenvalue weighted by Gasteiger charge is -2.07. The van der Waals surface area contributed by atoms with E-state index in [1.54, 1.807) is 49.0 Å². The van der Waals surface area contributed by atoms with Gasteiger partial charge in [-0.25, -0.2) is 0 Å². The zero-order chi connectivity index (χ0) is 48.2. The first-order valence-corrected chi connectivity index (χ1v) is 26.4. The third-order valence-corrected chi connectivity index (χ3v) is 15.7. The zero-order valence-corrected chi connectivity index (χ0v) is 37.6. The SMILES string of the molecule is O=S(=O)(O)c1ccc2c(ccc3c2n2n(-c4ccc(N=Nc5ccc(C=Cc6ccc(-n7n8c9cc(S(=O)(=O)O)c%10ccccc%10c9n78)cc6S(=O)(=O)O)c(S(=O)(=O)O)c5)c(S(=O)(=O)O)c4)n32)c1. The minimum absolute atomic E-state index is 0.117. The number of hydrogen-bond donors (Lipinski definition) is 5. The number of benzene rings is 7. The molecule has 0 saturated heterocycles. The van der Waals surface area contributed by atoms with Crippen molar-refractivity contribution < 1.29 is 64.9 Å². The molecular weight excluding hydrogens is 993 g/mol. The summed E-state index contributed by atoms with van der Waals surface area (Å²) < 4.78 is 180. The van der Waals surface area contributed by atoms with Gasteiger partial charge in [-0.1, -0.05) is 60.7 Å². The molecule has 0 aliphatic heterocycles. The topological polar surface area (TPSA) is 324 Å². The average Bonchev–Trinajstić information content (AvgIpc) is 4.12. The highest BCUT2D eigenvalue weighted by Crippen LogP contribution is 2.39. The first-order chi connectivity index (χ1) is 31.9. The Morgan fingerprint density at radius 1 is 0.412 bits per heavy atom. The van der Waals surface area contributed by atoms with E-state index in [1.807, 2.05) is 0 Å². The van der Waals surface area contributed by atoms with Crippen LogP contribution in [-0.2, 0) is 50.6 Å². The average molecular weight is 1020 g/mol. The van der Waals surface area contributed by atoms with Crippen LogP contribution in [0.4, 0.5) is 11.4 Å². The largest absolute Gasteiger partial charge is 0.296 e. The summed E-state index contributed by atoms with van der Waals surface area (Å²) in [6.07, 6.45) is 2.30. The molecule has 5 N–H and O–H groups in total. The fraction of sp³-hybridized carbons (Fsp3) is 0. The third-order valence-electron chi connectivity index (χ3n) is 11.3. The molecule has 4 heterocycles. The van der Waals surface area contributed by atoms with Crippen LogP contribution in [0.2, 0.25) is 0 Å². The quantitative estimate of drug-likeness (QED) is 0.0541. The molecule has 0 amide bonds. The Bertz CT molecular complexity index is 4650. The van der Waals surface area contributed by atoms with Gasteiger partial charge in [0.05, 0.1) is 22.0 Å². The van der Waals surface area contributed by atoms with Crippen LogP contribution in [0, 0.1) is 0 Å². The maximum atomic E-state index is 12.7. The molecule has 0 aliphatic rings. The lowest BCUT2D eigenvalue weighted by molar-refractivity contribution is 0.480. The Kier molecular flexibility index (Phi) is 9.01. The predicted molar refractivity (Wildman–Crippen MR) is 241 cm³/mol. The normalized spacial score (nSPS) is 13.8. The van der Waals surface area contributed by atoms with Gasteiger partial charge in [-0.15, -0.1) is 23.6 Å². The van der Waals surface area contributed by atoms with Gasteiger partial charge in [-0.05, 0) is 83.2 Å². The molecule has 7 aromatic carbocycles. The Labute approximate surface area is 381 Å². The summed E-state index contributed by atoms with van der Waals surface area (Å²) in [5.41, 5.74) is 1.85. The summed E-state index contributed by atoms with van der Waals surface area (Å²) in [6, 6.07) is 26.1. The lowest BCUT2D eigenvalue weighted by atomic mass is 10.1. The van der Waals surface area contributed by atoms with E-state index in [0.29, 0.717) is 38.2 Å². The second kappa shape index (κ2) is 14.1. The molecule has 0 unspecified atom stereocenters. The van der Waals surface area contributed by atoms with Crippen LogP contribution in [0.3, 0.4) is 0 Å². The smallest absolute Gasteiger partial charge is 0.282 e. The number of aromatic nitrogens is 6. The number of rotatable bonds is 11. The molecule has 0 fully saturated rings. The van der Waals surface area contributed by atoms with E-state index in [-0.39, 0.29) is 49.1 Å². The highest BCUT2D eigenvalue weighted by atomic mass is 32.2. The first-order valence-electron chi connectivity index (χ1n) is 19.2. The van der Waals surface area contributed by atoms with Crippen LogP contribution in [0.25, 0.3) is 67.1 Å². The van der Waals surface area contributed by atoms with E-state index in [2.05, 4.69) is 10.2 Å². The summed E-state index contributed by atoms with van der Waals surface area (Å²) >= 11 is 0. The second-order valence-electron chi connectivity index (χ2n) is 15.3. The maximum absolute atomic E-state index is 12.7. The van der Waals surface area contributed by atoms with Gasteiger partial charge in [0.15, 0.2) is 0 Å². The first kappa shape index (κ1) is 43.3. The van der Waals surface area contributed by atoms with Gasteiger partial charge >= 0.3 is 0 Å². The van der Waals surface area contributed by atoms with Gasteiger partial charge in [-0.3, -0.25) is 22.8 Å². The van der Waals surface area contributed by atoms with Gasteiger partial charge in [0.25, 0.3) is 50.6 Å². The van der Waals surface area contributed by atoms with Gasteiger partial charge in [-0.2, -0.15) is 56.8 Å². The Morgan fingerprint density at radius 3 is 1.57 bits per heavy atom. The highest BCUT2D eigenvalue weighted by Gasteiger charge is 2.31. The zero-order valence-electron chi connectivity index (χ0n) is 33.6. The van der Waals surface area contributed by atoms with E-state index >= 15 is 0 Å². The number of azo groups is 1. The van der Waals surface area contributed by atoms with Gasteiger partial charge in [0.2, 0.25) is 0 Å². The molecule has 0 bridgehead atoms. The van der Waals surface area contributed by atoms with Crippen molar-refractivity contribution in [1.29, 1.82) is 0 Å². The Morgan fingerprint density at radius 2 is 0.956 bits per heavy atom. The second-order valence-corrected chi connectivity index (χ2v) is 22.3. The van der Waals surface area contributed by atoms with Crippen LogP contribution in [0.5, 0.6) is 0 Å². The number of nitrogens with zero attached hydrogens (tertiary/aromatic N) is 8. The van der Waals surface area contributed by atoms with E-state index in [1.165, 1.54) is 76.2 Å². The molecule has 0 aliphatic carbocycles. The van der Waals surface area contributed by atoms with Crippen LogP contribution >= 0.6 is 0 Å². The third kappa shape index (κ3) is 6.88. The molecule has 0 spiro atoms. The van der Waals surface area contributed by atoms with Crippen molar-refractivity contribution in [2.45, 2.75) is 24.5 Å². The standard InChI is InChI=1S/C40H26N8O15S5/c49-64(50,51)28-13-14-29-24(17-28)9-16-33-39(29)47-43(45(33)47)27-12-15-32(38(20-27)68(61,62)63)42-41-25-10-7-22(35(18-25)65(52,53)54)5-6-23-8-11-26(19-36(23)66(55,56)57)44-46-34-21-37(67(58,59)60)30-3-1-2-4-31(30)40(34)48(44)46/h1-21H,(H,49,50,51)(H,52,53,54)(H,55,56,57)(H,58,59,60)(H,61,62,63). The van der Waals surface area contributed by atoms with Crippen LogP contribution < -0.4 is 0 Å². The van der Waals surface area contributed by atoms with Crippen molar-refractivity contribution in [2.24, 2.45) is 10.2 Å².